The quantitative estimate of drug-likeness (QED) is 0.846. The zero-order chi connectivity index (χ0) is 20.3. The number of anilines is 1. The molecule has 1 N–H and O–H groups in total. The molecule has 1 atom stereocenters. The largest absolute Gasteiger partial charge is 0.356 e. The van der Waals surface area contributed by atoms with Gasteiger partial charge in [-0.2, -0.15) is 0 Å². The van der Waals surface area contributed by atoms with Crippen LogP contribution < -0.4 is 10.2 Å². The molecule has 0 saturated carbocycles. The summed E-state index contributed by atoms with van der Waals surface area (Å²) in [5.41, 5.74) is 2.00. The molecule has 0 spiro atoms. The number of carbonyl (C=O) groups excluding carboxylic acids is 3. The minimum absolute atomic E-state index is 0.00477. The van der Waals surface area contributed by atoms with Crippen LogP contribution in [0.4, 0.5) is 5.69 Å². The highest BCUT2D eigenvalue weighted by Gasteiger charge is 2.38. The van der Waals surface area contributed by atoms with Gasteiger partial charge in [0.1, 0.15) is 0 Å². The highest BCUT2D eigenvalue weighted by atomic mass is 16.2. The van der Waals surface area contributed by atoms with Gasteiger partial charge in [-0.25, -0.2) is 0 Å². The highest BCUT2D eigenvalue weighted by molar-refractivity contribution is 6.00. The van der Waals surface area contributed by atoms with E-state index < -0.39 is 0 Å². The lowest BCUT2D eigenvalue weighted by atomic mass is 9.94. The topological polar surface area (TPSA) is 69.7 Å². The minimum Gasteiger partial charge on any atom is -0.356 e. The third-order valence-electron chi connectivity index (χ3n) is 5.68. The maximum Gasteiger partial charge on any atom is 0.228 e. The van der Waals surface area contributed by atoms with Gasteiger partial charge in [0.2, 0.25) is 17.7 Å². The smallest absolute Gasteiger partial charge is 0.228 e. The van der Waals surface area contributed by atoms with Crippen LogP contribution in [0.1, 0.15) is 38.7 Å². The van der Waals surface area contributed by atoms with Crippen molar-refractivity contribution >= 4 is 23.4 Å². The molecule has 1 aromatic rings. The molecular formula is C22H31N3O3. The third-order valence-corrected chi connectivity index (χ3v) is 5.68. The van der Waals surface area contributed by atoms with Gasteiger partial charge in [0, 0.05) is 44.2 Å². The SMILES string of the molecule is Cc1ccc(N2CC(C(=O)N3CCC(C(=O)NCC(C)C)CC3)CC2=O)cc1. The Labute approximate surface area is 167 Å². The number of hydrogen-bond acceptors (Lipinski definition) is 3. The van der Waals surface area contributed by atoms with Crippen LogP contribution in [-0.2, 0) is 14.4 Å². The second-order valence-corrected chi connectivity index (χ2v) is 8.48. The van der Waals surface area contributed by atoms with Crippen molar-refractivity contribution in [2.45, 2.75) is 40.0 Å². The van der Waals surface area contributed by atoms with E-state index in [-0.39, 0.29) is 36.0 Å². The Balaban J connectivity index is 1.52. The number of carbonyl (C=O) groups is 3. The molecule has 0 aliphatic carbocycles. The van der Waals surface area contributed by atoms with Crippen LogP contribution in [0.2, 0.25) is 0 Å². The first kappa shape index (κ1) is 20.4. The average Bonchev–Trinajstić information content (AvgIpc) is 3.08. The molecule has 2 heterocycles. The van der Waals surface area contributed by atoms with Crippen molar-refractivity contribution in [1.82, 2.24) is 10.2 Å². The predicted molar refractivity (Wildman–Crippen MR) is 109 cm³/mol. The van der Waals surface area contributed by atoms with E-state index in [4.69, 9.17) is 0 Å². The van der Waals surface area contributed by atoms with Crippen molar-refractivity contribution in [3.05, 3.63) is 29.8 Å². The number of piperidine rings is 1. The minimum atomic E-state index is -0.292. The average molecular weight is 386 g/mol. The van der Waals surface area contributed by atoms with Crippen molar-refractivity contribution in [2.75, 3.05) is 31.1 Å². The lowest BCUT2D eigenvalue weighted by Gasteiger charge is -2.33. The third kappa shape index (κ3) is 4.72. The van der Waals surface area contributed by atoms with Crippen molar-refractivity contribution in [1.29, 1.82) is 0 Å². The van der Waals surface area contributed by atoms with Gasteiger partial charge in [0.05, 0.1) is 5.92 Å². The molecule has 0 radical (unpaired) electrons. The van der Waals surface area contributed by atoms with E-state index in [1.165, 1.54) is 0 Å². The van der Waals surface area contributed by atoms with Crippen molar-refractivity contribution < 1.29 is 14.4 Å². The van der Waals surface area contributed by atoms with Gasteiger partial charge >= 0.3 is 0 Å². The Kier molecular flexibility index (Phi) is 6.37. The van der Waals surface area contributed by atoms with Crippen LogP contribution in [0.5, 0.6) is 0 Å². The fourth-order valence-corrected chi connectivity index (χ4v) is 3.92. The number of nitrogens with one attached hydrogen (secondary N) is 1. The summed E-state index contributed by atoms with van der Waals surface area (Å²) in [6, 6.07) is 7.82. The molecule has 0 bridgehead atoms. The summed E-state index contributed by atoms with van der Waals surface area (Å²) in [6.07, 6.45) is 1.65. The second kappa shape index (κ2) is 8.76. The summed E-state index contributed by atoms with van der Waals surface area (Å²) in [6.45, 7) is 8.47. The predicted octanol–water partition coefficient (Wildman–Crippen LogP) is 2.36. The molecule has 2 fully saturated rings. The molecule has 3 rings (SSSR count). The Morgan fingerprint density at radius 3 is 2.36 bits per heavy atom. The summed E-state index contributed by atoms with van der Waals surface area (Å²) < 4.78 is 0. The van der Waals surface area contributed by atoms with Crippen molar-refractivity contribution in [3.8, 4) is 0 Å². The fourth-order valence-electron chi connectivity index (χ4n) is 3.92. The van der Waals surface area contributed by atoms with E-state index in [0.29, 0.717) is 44.9 Å². The number of rotatable bonds is 5. The molecule has 1 aromatic carbocycles. The van der Waals surface area contributed by atoms with Crippen LogP contribution in [0.3, 0.4) is 0 Å². The van der Waals surface area contributed by atoms with E-state index in [1.54, 1.807) is 4.90 Å². The van der Waals surface area contributed by atoms with E-state index in [2.05, 4.69) is 19.2 Å². The number of benzene rings is 1. The normalized spacial score (nSPS) is 20.7. The molecule has 6 heteroatoms. The van der Waals surface area contributed by atoms with Crippen molar-refractivity contribution in [3.63, 3.8) is 0 Å². The van der Waals surface area contributed by atoms with Gasteiger partial charge in [-0.05, 0) is 37.8 Å². The summed E-state index contributed by atoms with van der Waals surface area (Å²) in [7, 11) is 0. The molecular weight excluding hydrogens is 354 g/mol. The zero-order valence-electron chi connectivity index (χ0n) is 17.1. The van der Waals surface area contributed by atoms with Crippen LogP contribution in [-0.4, -0.2) is 48.8 Å². The van der Waals surface area contributed by atoms with Crippen LogP contribution in [0.15, 0.2) is 24.3 Å². The molecule has 1 unspecified atom stereocenters. The second-order valence-electron chi connectivity index (χ2n) is 8.48. The Morgan fingerprint density at radius 1 is 1.11 bits per heavy atom. The molecule has 2 aliphatic heterocycles. The maximum absolute atomic E-state index is 12.9. The van der Waals surface area contributed by atoms with E-state index in [1.807, 2.05) is 36.1 Å². The molecule has 152 valence electrons. The van der Waals surface area contributed by atoms with Gasteiger partial charge in [-0.3, -0.25) is 14.4 Å². The number of likely N-dealkylation sites (tertiary alicyclic amines) is 1. The first-order chi connectivity index (χ1) is 13.3. The van der Waals surface area contributed by atoms with Crippen LogP contribution >= 0.6 is 0 Å². The van der Waals surface area contributed by atoms with Gasteiger partial charge in [0.15, 0.2) is 0 Å². The summed E-state index contributed by atoms with van der Waals surface area (Å²) in [5, 5.41) is 2.99. The molecule has 2 aliphatic rings. The van der Waals surface area contributed by atoms with E-state index in [0.717, 1.165) is 11.3 Å². The summed E-state index contributed by atoms with van der Waals surface area (Å²) in [5.74, 6) is 0.274. The molecule has 6 nitrogen and oxygen atoms in total. The molecule has 0 aromatic heterocycles. The zero-order valence-corrected chi connectivity index (χ0v) is 17.1. The number of hydrogen-bond donors (Lipinski definition) is 1. The molecule has 28 heavy (non-hydrogen) atoms. The standard InChI is InChI=1S/C22H31N3O3/c1-15(2)13-23-21(27)17-8-10-24(11-9-17)22(28)18-12-20(26)25(14-18)19-6-4-16(3)5-7-19/h4-7,15,17-18H,8-14H2,1-3H3,(H,23,27). The molecule has 2 saturated heterocycles. The van der Waals surface area contributed by atoms with Gasteiger partial charge in [0.25, 0.3) is 0 Å². The van der Waals surface area contributed by atoms with E-state index >= 15 is 0 Å². The summed E-state index contributed by atoms with van der Waals surface area (Å²) >= 11 is 0. The number of aryl methyl sites for hydroxylation is 1. The highest BCUT2D eigenvalue weighted by Crippen LogP contribution is 2.28. The van der Waals surface area contributed by atoms with Gasteiger partial charge in [-0.1, -0.05) is 31.5 Å². The summed E-state index contributed by atoms with van der Waals surface area (Å²) in [4.78, 5) is 41.1. The first-order valence-corrected chi connectivity index (χ1v) is 10.3. The van der Waals surface area contributed by atoms with Crippen LogP contribution in [0.25, 0.3) is 0 Å². The molecule has 3 amide bonds. The lowest BCUT2D eigenvalue weighted by Crippen LogP contribution is -2.45. The number of nitrogens with zero attached hydrogens (tertiary/aromatic N) is 2. The first-order valence-electron chi connectivity index (χ1n) is 10.3. The Bertz CT molecular complexity index is 721. The monoisotopic (exact) mass is 385 g/mol. The lowest BCUT2D eigenvalue weighted by molar-refractivity contribution is -0.139. The van der Waals surface area contributed by atoms with E-state index in [9.17, 15) is 14.4 Å². The van der Waals surface area contributed by atoms with Gasteiger partial charge in [-0.15, -0.1) is 0 Å². The van der Waals surface area contributed by atoms with Crippen LogP contribution in [0, 0.1) is 24.7 Å². The Morgan fingerprint density at radius 2 is 1.75 bits per heavy atom. The maximum atomic E-state index is 12.9. The van der Waals surface area contributed by atoms with Crippen molar-refractivity contribution in [2.24, 2.45) is 17.8 Å². The Hall–Kier alpha value is -2.37. The fraction of sp³-hybridized carbons (Fsp3) is 0.591. The number of amides is 3. The van der Waals surface area contributed by atoms with Gasteiger partial charge < -0.3 is 15.1 Å².